The van der Waals surface area contributed by atoms with E-state index in [1.807, 2.05) is 12.4 Å². The first-order valence-corrected chi connectivity index (χ1v) is 5.56. The van der Waals surface area contributed by atoms with Gasteiger partial charge >= 0.3 is 4.87 Å². The van der Waals surface area contributed by atoms with Crippen LogP contribution in [0.2, 0.25) is 0 Å². The molecule has 2 rings (SSSR count). The first-order chi connectivity index (χ1) is 7.25. The minimum atomic E-state index is 0.0926. The van der Waals surface area contributed by atoms with E-state index in [9.17, 15) is 4.79 Å². The normalized spacial score (nSPS) is 10.7. The molecule has 0 bridgehead atoms. The molecule has 0 fully saturated rings. The monoisotopic (exact) mass is 224 g/mol. The number of hydrogen-bond donors (Lipinski definition) is 1. The molecule has 0 aliphatic heterocycles. The Hall–Kier alpha value is -1.56. The van der Waals surface area contributed by atoms with Crippen molar-refractivity contribution in [1.29, 1.82) is 0 Å². The summed E-state index contributed by atoms with van der Waals surface area (Å²) in [6.07, 6.45) is 4.52. The summed E-state index contributed by atoms with van der Waals surface area (Å²) in [4.78, 5) is 11.3. The maximum Gasteiger partial charge on any atom is 0.307 e. The molecular weight excluding hydrogens is 212 g/mol. The van der Waals surface area contributed by atoms with Crippen molar-refractivity contribution in [3.05, 3.63) is 33.5 Å². The highest BCUT2D eigenvalue weighted by Gasteiger charge is 1.97. The summed E-state index contributed by atoms with van der Waals surface area (Å²) in [6.45, 7) is 1.50. The van der Waals surface area contributed by atoms with Gasteiger partial charge < -0.3 is 10.3 Å². The van der Waals surface area contributed by atoms with Crippen LogP contribution < -0.4 is 10.6 Å². The Labute approximate surface area is 90.8 Å². The van der Waals surface area contributed by atoms with Crippen LogP contribution in [-0.2, 0) is 13.1 Å². The van der Waals surface area contributed by atoms with Gasteiger partial charge in [0, 0.05) is 30.9 Å². The minimum absolute atomic E-state index is 0.0926. The van der Waals surface area contributed by atoms with Crippen molar-refractivity contribution in [2.75, 3.05) is 5.73 Å². The van der Waals surface area contributed by atoms with E-state index in [-0.39, 0.29) is 4.87 Å². The van der Waals surface area contributed by atoms with Crippen LogP contribution in [0, 0.1) is 0 Å². The number of nitrogens with two attached hydrogens (primary N) is 1. The Morgan fingerprint density at radius 3 is 2.87 bits per heavy atom. The number of rotatable bonds is 4. The number of thiazole rings is 1. The van der Waals surface area contributed by atoms with Crippen molar-refractivity contribution < 1.29 is 0 Å². The second-order valence-electron chi connectivity index (χ2n) is 3.22. The molecule has 0 aliphatic rings. The number of nitrogen functional groups attached to an aromatic ring is 1. The first-order valence-electron chi connectivity index (χ1n) is 4.68. The van der Waals surface area contributed by atoms with Gasteiger partial charge in [-0.3, -0.25) is 9.48 Å². The number of aryl methyl sites for hydroxylation is 2. The van der Waals surface area contributed by atoms with Gasteiger partial charge in [0.25, 0.3) is 0 Å². The van der Waals surface area contributed by atoms with Gasteiger partial charge in [0.1, 0.15) is 5.82 Å². The Morgan fingerprint density at radius 2 is 2.27 bits per heavy atom. The fourth-order valence-corrected chi connectivity index (χ4v) is 1.97. The highest BCUT2D eigenvalue weighted by molar-refractivity contribution is 7.07. The van der Waals surface area contributed by atoms with Crippen molar-refractivity contribution in [2.45, 2.75) is 19.5 Å². The summed E-state index contributed by atoms with van der Waals surface area (Å²) < 4.78 is 3.49. The van der Waals surface area contributed by atoms with Crippen LogP contribution in [0.1, 0.15) is 6.42 Å². The maximum absolute atomic E-state index is 11.2. The van der Waals surface area contributed by atoms with Gasteiger partial charge in [-0.15, -0.1) is 0 Å². The molecule has 0 saturated heterocycles. The van der Waals surface area contributed by atoms with E-state index in [2.05, 4.69) is 5.10 Å². The summed E-state index contributed by atoms with van der Waals surface area (Å²) >= 11 is 1.22. The lowest BCUT2D eigenvalue weighted by molar-refractivity contribution is 0.525. The van der Waals surface area contributed by atoms with E-state index in [4.69, 9.17) is 5.73 Å². The number of nitrogens with zero attached hydrogens (tertiary/aromatic N) is 3. The molecule has 0 radical (unpaired) electrons. The second kappa shape index (κ2) is 4.31. The topological polar surface area (TPSA) is 65.8 Å². The quantitative estimate of drug-likeness (QED) is 0.834. The van der Waals surface area contributed by atoms with Gasteiger partial charge in [-0.25, -0.2) is 0 Å². The van der Waals surface area contributed by atoms with Gasteiger partial charge in [-0.1, -0.05) is 11.3 Å². The summed E-state index contributed by atoms with van der Waals surface area (Å²) in [6, 6.07) is 1.76. The van der Waals surface area contributed by atoms with E-state index >= 15 is 0 Å². The standard InChI is InChI=1S/C9H12N4OS/c10-8-2-5-13(11-8)4-1-3-12-6-7-15-9(12)14/h2,5-7H,1,3-4H2,(H2,10,11). The predicted molar refractivity (Wildman–Crippen MR) is 59.8 cm³/mol. The number of anilines is 1. The minimum Gasteiger partial charge on any atom is -0.382 e. The lowest BCUT2D eigenvalue weighted by Crippen LogP contribution is -2.13. The molecule has 2 aromatic rings. The summed E-state index contributed by atoms with van der Waals surface area (Å²) in [7, 11) is 0. The van der Waals surface area contributed by atoms with E-state index in [1.54, 1.807) is 20.7 Å². The highest BCUT2D eigenvalue weighted by atomic mass is 32.1. The fraction of sp³-hybridized carbons (Fsp3) is 0.333. The average molecular weight is 224 g/mol. The van der Waals surface area contributed by atoms with Crippen LogP contribution in [0.15, 0.2) is 28.6 Å². The third kappa shape index (κ3) is 2.47. The zero-order chi connectivity index (χ0) is 10.7. The smallest absolute Gasteiger partial charge is 0.307 e. The molecule has 0 aromatic carbocycles. The Bertz CT molecular complexity index is 484. The van der Waals surface area contributed by atoms with E-state index in [1.165, 1.54) is 11.3 Å². The van der Waals surface area contributed by atoms with Gasteiger partial charge in [0.05, 0.1) is 0 Å². The molecular formula is C9H12N4OS. The molecule has 5 nitrogen and oxygen atoms in total. The Balaban J connectivity index is 1.85. The van der Waals surface area contributed by atoms with Crippen LogP contribution in [0.4, 0.5) is 5.82 Å². The summed E-state index contributed by atoms with van der Waals surface area (Å²) in [5.74, 6) is 0.530. The summed E-state index contributed by atoms with van der Waals surface area (Å²) in [5.41, 5.74) is 5.48. The van der Waals surface area contributed by atoms with Crippen LogP contribution in [0.25, 0.3) is 0 Å². The Kier molecular flexibility index (Phi) is 2.86. The van der Waals surface area contributed by atoms with Gasteiger partial charge in [-0.2, -0.15) is 5.10 Å². The molecule has 0 saturated carbocycles. The molecule has 2 heterocycles. The molecule has 15 heavy (non-hydrogen) atoms. The SMILES string of the molecule is Nc1ccn(CCCn2ccsc2=O)n1. The summed E-state index contributed by atoms with van der Waals surface area (Å²) in [5, 5.41) is 5.86. The van der Waals surface area contributed by atoms with Crippen LogP contribution in [0.3, 0.4) is 0 Å². The zero-order valence-electron chi connectivity index (χ0n) is 8.17. The molecule has 6 heteroatoms. The lowest BCUT2D eigenvalue weighted by Gasteiger charge is -2.01. The molecule has 2 N–H and O–H groups in total. The van der Waals surface area contributed by atoms with Crippen molar-refractivity contribution in [2.24, 2.45) is 0 Å². The number of hydrogen-bond acceptors (Lipinski definition) is 4. The third-order valence-corrected chi connectivity index (χ3v) is 2.79. The zero-order valence-corrected chi connectivity index (χ0v) is 8.98. The van der Waals surface area contributed by atoms with Crippen molar-refractivity contribution in [3.63, 3.8) is 0 Å². The van der Waals surface area contributed by atoms with Crippen molar-refractivity contribution in [3.8, 4) is 0 Å². The molecule has 0 amide bonds. The third-order valence-electron chi connectivity index (χ3n) is 2.09. The van der Waals surface area contributed by atoms with E-state index in [0.29, 0.717) is 5.82 Å². The van der Waals surface area contributed by atoms with Gasteiger partial charge in [-0.05, 0) is 12.5 Å². The van der Waals surface area contributed by atoms with E-state index in [0.717, 1.165) is 19.5 Å². The molecule has 80 valence electrons. The highest BCUT2D eigenvalue weighted by Crippen LogP contribution is 1.98. The molecule has 0 unspecified atom stereocenters. The van der Waals surface area contributed by atoms with Crippen molar-refractivity contribution in [1.82, 2.24) is 14.3 Å². The van der Waals surface area contributed by atoms with Crippen molar-refractivity contribution >= 4 is 17.2 Å². The van der Waals surface area contributed by atoms with Gasteiger partial charge in [0.2, 0.25) is 0 Å². The fourth-order valence-electron chi connectivity index (χ4n) is 1.36. The predicted octanol–water partition coefficient (Wildman–Crippen LogP) is 0.779. The van der Waals surface area contributed by atoms with Crippen LogP contribution in [0.5, 0.6) is 0 Å². The van der Waals surface area contributed by atoms with Gasteiger partial charge in [0.15, 0.2) is 0 Å². The Morgan fingerprint density at radius 1 is 1.40 bits per heavy atom. The molecule has 0 atom stereocenters. The maximum atomic E-state index is 11.2. The van der Waals surface area contributed by atoms with Crippen LogP contribution in [-0.4, -0.2) is 14.3 Å². The van der Waals surface area contributed by atoms with Crippen LogP contribution >= 0.6 is 11.3 Å². The first kappa shape index (κ1) is 9.97. The second-order valence-corrected chi connectivity index (χ2v) is 4.08. The lowest BCUT2D eigenvalue weighted by atomic mass is 10.4. The van der Waals surface area contributed by atoms with E-state index < -0.39 is 0 Å². The largest absolute Gasteiger partial charge is 0.382 e. The molecule has 2 aromatic heterocycles. The number of aromatic nitrogens is 3. The molecule has 0 spiro atoms. The average Bonchev–Trinajstić information content (AvgIpc) is 2.77. The molecule has 0 aliphatic carbocycles.